The first-order valence-corrected chi connectivity index (χ1v) is 6.81. The van der Waals surface area contributed by atoms with E-state index in [-0.39, 0.29) is 6.10 Å². The van der Waals surface area contributed by atoms with Crippen molar-refractivity contribution in [1.29, 1.82) is 0 Å². The van der Waals surface area contributed by atoms with Gasteiger partial charge in [0, 0.05) is 32.6 Å². The van der Waals surface area contributed by atoms with Crippen LogP contribution in [0, 0.1) is 0 Å². The summed E-state index contributed by atoms with van der Waals surface area (Å²) in [4.78, 5) is 14.8. The van der Waals surface area contributed by atoms with Crippen molar-refractivity contribution in [2.24, 2.45) is 5.84 Å². The van der Waals surface area contributed by atoms with Crippen LogP contribution in [0.5, 0.6) is 0 Å². The molecule has 0 saturated carbocycles. The van der Waals surface area contributed by atoms with Crippen LogP contribution in [0.25, 0.3) is 5.95 Å². The number of anilines is 2. The van der Waals surface area contributed by atoms with Crippen LogP contribution in [0.15, 0.2) is 18.5 Å². The average Bonchev–Trinajstić information content (AvgIpc) is 3.20. The van der Waals surface area contributed by atoms with Crippen molar-refractivity contribution in [2.75, 3.05) is 30.5 Å². The number of nitrogens with one attached hydrogen (secondary N) is 1. The fraction of sp³-hybridized carbons (Fsp3) is 0.500. The topological polar surface area (TPSA) is 107 Å². The molecule has 0 aromatic carbocycles. The number of aromatic nitrogens is 5. The Labute approximate surface area is 122 Å². The molecule has 1 fully saturated rings. The maximum Gasteiger partial charge on any atom is 0.257 e. The van der Waals surface area contributed by atoms with Gasteiger partial charge in [0.2, 0.25) is 11.9 Å². The summed E-state index contributed by atoms with van der Waals surface area (Å²) < 4.78 is 7.19. The van der Waals surface area contributed by atoms with Crippen molar-refractivity contribution in [1.82, 2.24) is 24.7 Å². The summed E-state index contributed by atoms with van der Waals surface area (Å²) in [7, 11) is 1.92. The van der Waals surface area contributed by atoms with Crippen molar-refractivity contribution in [3.8, 4) is 5.95 Å². The highest BCUT2D eigenvalue weighted by Gasteiger charge is 2.20. The molecule has 0 aliphatic carbocycles. The van der Waals surface area contributed by atoms with Crippen LogP contribution in [0.2, 0.25) is 0 Å². The van der Waals surface area contributed by atoms with E-state index in [0.29, 0.717) is 17.8 Å². The van der Waals surface area contributed by atoms with Crippen LogP contribution in [-0.4, -0.2) is 51.0 Å². The van der Waals surface area contributed by atoms with Gasteiger partial charge in [0.25, 0.3) is 5.95 Å². The van der Waals surface area contributed by atoms with E-state index >= 15 is 0 Å². The third-order valence-corrected chi connectivity index (χ3v) is 3.29. The summed E-state index contributed by atoms with van der Waals surface area (Å²) >= 11 is 0. The van der Waals surface area contributed by atoms with Gasteiger partial charge in [-0.3, -0.25) is 5.43 Å². The summed E-state index contributed by atoms with van der Waals surface area (Å²) in [5.74, 6) is 6.67. The number of nitrogens with zero attached hydrogens (tertiary/aromatic N) is 6. The molecule has 2 aromatic rings. The van der Waals surface area contributed by atoms with Gasteiger partial charge in [0.15, 0.2) is 0 Å². The van der Waals surface area contributed by atoms with Crippen LogP contribution in [0.1, 0.15) is 12.8 Å². The van der Waals surface area contributed by atoms with Gasteiger partial charge in [-0.15, -0.1) is 0 Å². The molecule has 1 aliphatic rings. The predicted octanol–water partition coefficient (Wildman–Crippen LogP) is -0.0419. The van der Waals surface area contributed by atoms with Gasteiger partial charge in [0.05, 0.1) is 6.10 Å². The maximum atomic E-state index is 5.63. The Bertz CT molecular complexity index is 581. The first kappa shape index (κ1) is 13.7. The lowest BCUT2D eigenvalue weighted by Gasteiger charge is -2.21. The van der Waals surface area contributed by atoms with E-state index in [2.05, 4.69) is 25.5 Å². The fourth-order valence-electron chi connectivity index (χ4n) is 2.25. The maximum absolute atomic E-state index is 5.63. The van der Waals surface area contributed by atoms with E-state index in [1.54, 1.807) is 23.1 Å². The standard InChI is InChI=1S/C12H18N8O/c1-19(8-9-4-2-7-21-9)11-15-10(18-13)16-12(17-11)20-6-3-5-14-20/h3,5-6,9H,2,4,7-8,13H2,1H3,(H,15,16,17,18). The molecule has 1 aliphatic heterocycles. The van der Waals surface area contributed by atoms with Crippen molar-refractivity contribution in [3.63, 3.8) is 0 Å². The van der Waals surface area contributed by atoms with Gasteiger partial charge in [-0.2, -0.15) is 20.1 Å². The van der Waals surface area contributed by atoms with Gasteiger partial charge < -0.3 is 9.64 Å². The van der Waals surface area contributed by atoms with Gasteiger partial charge >= 0.3 is 0 Å². The largest absolute Gasteiger partial charge is 0.376 e. The Balaban J connectivity index is 1.84. The number of hydrazine groups is 1. The molecule has 112 valence electrons. The molecule has 1 atom stereocenters. The molecule has 9 heteroatoms. The smallest absolute Gasteiger partial charge is 0.257 e. The molecule has 2 aromatic heterocycles. The second kappa shape index (κ2) is 6.02. The Morgan fingerprint density at radius 1 is 1.48 bits per heavy atom. The van der Waals surface area contributed by atoms with E-state index < -0.39 is 0 Å². The van der Waals surface area contributed by atoms with Crippen molar-refractivity contribution in [3.05, 3.63) is 18.5 Å². The number of hydrogen-bond donors (Lipinski definition) is 2. The second-order valence-corrected chi connectivity index (χ2v) is 4.87. The van der Waals surface area contributed by atoms with Gasteiger partial charge in [-0.25, -0.2) is 10.5 Å². The highest BCUT2D eigenvalue weighted by atomic mass is 16.5. The van der Waals surface area contributed by atoms with E-state index in [9.17, 15) is 0 Å². The van der Waals surface area contributed by atoms with Crippen LogP contribution in [-0.2, 0) is 4.74 Å². The molecule has 0 spiro atoms. The van der Waals surface area contributed by atoms with E-state index in [1.807, 2.05) is 11.9 Å². The zero-order valence-corrected chi connectivity index (χ0v) is 11.8. The zero-order valence-electron chi connectivity index (χ0n) is 11.8. The van der Waals surface area contributed by atoms with E-state index in [1.165, 1.54) is 0 Å². The molecule has 1 saturated heterocycles. The predicted molar refractivity (Wildman–Crippen MR) is 77.0 cm³/mol. The lowest BCUT2D eigenvalue weighted by molar-refractivity contribution is 0.116. The molecule has 0 radical (unpaired) electrons. The highest BCUT2D eigenvalue weighted by molar-refractivity contribution is 5.38. The summed E-state index contributed by atoms with van der Waals surface area (Å²) in [6.07, 6.45) is 5.80. The monoisotopic (exact) mass is 290 g/mol. The summed E-state index contributed by atoms with van der Waals surface area (Å²) in [6, 6.07) is 1.80. The van der Waals surface area contributed by atoms with Gasteiger partial charge in [-0.1, -0.05) is 0 Å². The summed E-state index contributed by atoms with van der Waals surface area (Å²) in [6.45, 7) is 1.55. The van der Waals surface area contributed by atoms with E-state index in [4.69, 9.17) is 10.6 Å². The number of nitrogen functional groups attached to an aromatic ring is 1. The number of hydrogen-bond acceptors (Lipinski definition) is 8. The van der Waals surface area contributed by atoms with Crippen LogP contribution < -0.4 is 16.2 Å². The van der Waals surface area contributed by atoms with Gasteiger partial charge in [-0.05, 0) is 18.9 Å². The third kappa shape index (κ3) is 3.09. The molecular weight excluding hydrogens is 272 g/mol. The zero-order chi connectivity index (χ0) is 14.7. The highest BCUT2D eigenvalue weighted by Crippen LogP contribution is 2.16. The molecule has 3 heterocycles. The SMILES string of the molecule is CN(CC1CCCO1)c1nc(NN)nc(-n2cccn2)n1. The van der Waals surface area contributed by atoms with Crippen molar-refractivity contribution >= 4 is 11.9 Å². The molecular formula is C12H18N8O. The van der Waals surface area contributed by atoms with E-state index in [0.717, 1.165) is 26.0 Å². The minimum Gasteiger partial charge on any atom is -0.376 e. The second-order valence-electron chi connectivity index (χ2n) is 4.87. The number of rotatable bonds is 5. The fourth-order valence-corrected chi connectivity index (χ4v) is 2.25. The minimum atomic E-state index is 0.217. The number of ether oxygens (including phenoxy) is 1. The quantitative estimate of drug-likeness (QED) is 0.583. The van der Waals surface area contributed by atoms with Crippen LogP contribution >= 0.6 is 0 Å². The lowest BCUT2D eigenvalue weighted by atomic mass is 10.2. The molecule has 3 N–H and O–H groups in total. The van der Waals surface area contributed by atoms with Crippen LogP contribution in [0.3, 0.4) is 0 Å². The average molecular weight is 290 g/mol. The first-order valence-electron chi connectivity index (χ1n) is 6.81. The molecule has 9 nitrogen and oxygen atoms in total. The molecule has 0 amide bonds. The summed E-state index contributed by atoms with van der Waals surface area (Å²) in [5.41, 5.74) is 2.46. The molecule has 3 rings (SSSR count). The van der Waals surface area contributed by atoms with Crippen molar-refractivity contribution < 1.29 is 4.74 Å². The first-order chi connectivity index (χ1) is 10.3. The Morgan fingerprint density at radius 2 is 2.38 bits per heavy atom. The number of likely N-dealkylation sites (N-methyl/N-ethyl adjacent to an activating group) is 1. The summed E-state index contributed by atoms with van der Waals surface area (Å²) in [5, 5.41) is 4.12. The molecule has 1 unspecified atom stereocenters. The molecule has 0 bridgehead atoms. The number of nitrogens with two attached hydrogens (primary N) is 1. The third-order valence-electron chi connectivity index (χ3n) is 3.29. The van der Waals surface area contributed by atoms with Crippen LogP contribution in [0.4, 0.5) is 11.9 Å². The minimum absolute atomic E-state index is 0.217. The lowest BCUT2D eigenvalue weighted by Crippen LogP contribution is -2.30. The Kier molecular flexibility index (Phi) is 3.93. The normalized spacial score (nSPS) is 17.9. The molecule has 21 heavy (non-hydrogen) atoms. The van der Waals surface area contributed by atoms with Crippen molar-refractivity contribution in [2.45, 2.75) is 18.9 Å². The Morgan fingerprint density at radius 3 is 3.05 bits per heavy atom. The van der Waals surface area contributed by atoms with Gasteiger partial charge in [0.1, 0.15) is 0 Å². The Hall–Kier alpha value is -2.26.